The smallest absolute Gasteiger partial charge is 0.155 e. The predicted molar refractivity (Wildman–Crippen MR) is 207 cm³/mol. The van der Waals surface area contributed by atoms with Gasteiger partial charge in [0, 0.05) is 45.3 Å². The summed E-state index contributed by atoms with van der Waals surface area (Å²) in [5, 5.41) is 4.62. The number of furan rings is 1. The van der Waals surface area contributed by atoms with E-state index in [1.165, 1.54) is 38.5 Å². The zero-order valence-corrected chi connectivity index (χ0v) is 27.2. The predicted octanol–water partition coefficient (Wildman–Crippen LogP) is 11.7. The molecular formula is C46H31N3O. The molecule has 1 atom stereocenters. The summed E-state index contributed by atoms with van der Waals surface area (Å²) >= 11 is 0. The number of rotatable bonds is 5. The van der Waals surface area contributed by atoms with E-state index in [9.17, 15) is 0 Å². The van der Waals surface area contributed by atoms with Crippen molar-refractivity contribution in [3.63, 3.8) is 0 Å². The quantitative estimate of drug-likeness (QED) is 0.184. The lowest BCUT2D eigenvalue weighted by Gasteiger charge is -2.21. The number of hydrogen-bond donors (Lipinski definition) is 0. The van der Waals surface area contributed by atoms with E-state index in [2.05, 4.69) is 162 Å². The summed E-state index contributed by atoms with van der Waals surface area (Å²) in [6.07, 6.45) is 0.753. The van der Waals surface area contributed by atoms with Gasteiger partial charge in [-0.05, 0) is 64.7 Å². The van der Waals surface area contributed by atoms with Gasteiger partial charge in [-0.3, -0.25) is 4.99 Å². The summed E-state index contributed by atoms with van der Waals surface area (Å²) in [5.41, 5.74) is 11.8. The van der Waals surface area contributed by atoms with Crippen LogP contribution in [0.1, 0.15) is 29.2 Å². The van der Waals surface area contributed by atoms with Crippen molar-refractivity contribution in [3.8, 4) is 16.8 Å². The van der Waals surface area contributed by atoms with Crippen molar-refractivity contribution < 1.29 is 4.42 Å². The normalized spacial score (nSPS) is 14.8. The van der Waals surface area contributed by atoms with Crippen molar-refractivity contribution in [2.75, 3.05) is 0 Å². The molecule has 0 bridgehead atoms. The van der Waals surface area contributed by atoms with Crippen molar-refractivity contribution in [2.45, 2.75) is 12.5 Å². The first-order valence-electron chi connectivity index (χ1n) is 17.1. The van der Waals surface area contributed by atoms with E-state index in [1.807, 2.05) is 12.1 Å². The highest BCUT2D eigenvalue weighted by Gasteiger charge is 2.23. The van der Waals surface area contributed by atoms with Crippen LogP contribution in [0.2, 0.25) is 0 Å². The largest absolute Gasteiger partial charge is 0.456 e. The Morgan fingerprint density at radius 3 is 1.92 bits per heavy atom. The molecule has 0 fully saturated rings. The van der Waals surface area contributed by atoms with E-state index in [1.54, 1.807) is 0 Å². The molecular weight excluding hydrogens is 611 g/mol. The maximum atomic E-state index is 6.63. The molecule has 0 amide bonds. The van der Waals surface area contributed by atoms with Gasteiger partial charge in [-0.2, -0.15) is 0 Å². The van der Waals surface area contributed by atoms with Crippen LogP contribution in [0.25, 0.3) is 60.6 Å². The Labute approximate surface area is 289 Å². The van der Waals surface area contributed by atoms with Crippen LogP contribution in [-0.4, -0.2) is 16.1 Å². The van der Waals surface area contributed by atoms with Crippen molar-refractivity contribution in [3.05, 3.63) is 187 Å². The zero-order chi connectivity index (χ0) is 33.0. The minimum absolute atomic E-state index is 0.0113. The molecule has 0 saturated carbocycles. The molecule has 0 radical (unpaired) electrons. The van der Waals surface area contributed by atoms with Crippen LogP contribution in [0.15, 0.2) is 184 Å². The third-order valence-electron chi connectivity index (χ3n) is 9.95. The molecule has 1 unspecified atom stereocenters. The van der Waals surface area contributed by atoms with E-state index in [4.69, 9.17) is 14.4 Å². The summed E-state index contributed by atoms with van der Waals surface area (Å²) in [7, 11) is 0. The van der Waals surface area contributed by atoms with E-state index in [0.717, 1.165) is 56.7 Å². The fourth-order valence-corrected chi connectivity index (χ4v) is 7.50. The third kappa shape index (κ3) is 4.76. The minimum Gasteiger partial charge on any atom is -0.456 e. The lowest BCUT2D eigenvalue weighted by Crippen LogP contribution is -2.17. The standard InChI is InChI=1S/C46H31N3O/c1-4-12-30(13-5-1)33-21-25-43-39(26-33)36-18-10-11-19-42(36)49(43)35-22-24-38-37-23-20-34(27-44(37)50-45(38)28-35)46-47-40(31-14-6-2-7-15-31)29-41(48-46)32-16-8-3-9-17-32/h1-28,40H,29H2. The number of para-hydroxylation sites is 1. The number of aromatic nitrogens is 1. The molecule has 1 aliphatic rings. The van der Waals surface area contributed by atoms with Crippen LogP contribution in [0, 0.1) is 0 Å². The first kappa shape index (κ1) is 28.5. The molecule has 9 aromatic rings. The van der Waals surface area contributed by atoms with Gasteiger partial charge >= 0.3 is 0 Å². The molecule has 4 heteroatoms. The summed E-state index contributed by atoms with van der Waals surface area (Å²) in [6, 6.07) is 59.8. The molecule has 0 spiro atoms. The number of aliphatic imine (C=N–C) groups is 2. The van der Waals surface area contributed by atoms with Crippen molar-refractivity contribution >= 4 is 55.3 Å². The van der Waals surface area contributed by atoms with E-state index < -0.39 is 0 Å². The Morgan fingerprint density at radius 1 is 0.480 bits per heavy atom. The minimum atomic E-state index is -0.0113. The Balaban J connectivity index is 1.08. The molecule has 7 aromatic carbocycles. The van der Waals surface area contributed by atoms with Gasteiger partial charge in [-0.1, -0.05) is 121 Å². The number of fused-ring (bicyclic) bond motifs is 6. The van der Waals surface area contributed by atoms with Gasteiger partial charge in [0.1, 0.15) is 11.2 Å². The Kier molecular flexibility index (Phi) is 6.59. The molecule has 50 heavy (non-hydrogen) atoms. The monoisotopic (exact) mass is 641 g/mol. The van der Waals surface area contributed by atoms with Gasteiger partial charge in [-0.15, -0.1) is 0 Å². The van der Waals surface area contributed by atoms with Crippen LogP contribution >= 0.6 is 0 Å². The molecule has 2 aromatic heterocycles. The van der Waals surface area contributed by atoms with Crippen molar-refractivity contribution in [1.82, 2.24) is 4.57 Å². The summed E-state index contributed by atoms with van der Waals surface area (Å²) in [6.45, 7) is 0. The van der Waals surface area contributed by atoms with Gasteiger partial charge in [0.2, 0.25) is 0 Å². The van der Waals surface area contributed by atoms with Gasteiger partial charge < -0.3 is 8.98 Å². The lowest BCUT2D eigenvalue weighted by atomic mass is 9.95. The van der Waals surface area contributed by atoms with Crippen LogP contribution in [0.5, 0.6) is 0 Å². The van der Waals surface area contributed by atoms with Crippen LogP contribution in [0.3, 0.4) is 0 Å². The lowest BCUT2D eigenvalue weighted by molar-refractivity contribution is 0.668. The molecule has 0 saturated heterocycles. The maximum Gasteiger partial charge on any atom is 0.155 e. The molecule has 10 rings (SSSR count). The summed E-state index contributed by atoms with van der Waals surface area (Å²) in [5.74, 6) is 0.729. The average molecular weight is 642 g/mol. The second-order valence-corrected chi connectivity index (χ2v) is 13.0. The highest BCUT2D eigenvalue weighted by Crippen LogP contribution is 2.38. The van der Waals surface area contributed by atoms with Crippen LogP contribution in [-0.2, 0) is 0 Å². The molecule has 1 aliphatic heterocycles. The van der Waals surface area contributed by atoms with Gasteiger partial charge in [0.05, 0.1) is 22.8 Å². The highest BCUT2D eigenvalue weighted by atomic mass is 16.3. The number of amidine groups is 1. The Hall–Kier alpha value is -6.52. The topological polar surface area (TPSA) is 42.8 Å². The van der Waals surface area contributed by atoms with Crippen molar-refractivity contribution in [1.29, 1.82) is 0 Å². The average Bonchev–Trinajstić information content (AvgIpc) is 3.73. The SMILES string of the molecule is c1ccc(C2=NC(c3ccc4c(c3)oc3cc(-n5c6ccccc6c6cc(-c7ccccc7)ccc65)ccc34)=NC(c3ccccc3)C2)cc1. The molecule has 4 nitrogen and oxygen atoms in total. The zero-order valence-electron chi connectivity index (χ0n) is 27.2. The van der Waals surface area contributed by atoms with E-state index in [0.29, 0.717) is 0 Å². The fraction of sp³-hybridized carbons (Fsp3) is 0.0435. The second kappa shape index (κ2) is 11.6. The van der Waals surface area contributed by atoms with Crippen molar-refractivity contribution in [2.24, 2.45) is 9.98 Å². The highest BCUT2D eigenvalue weighted by molar-refractivity contribution is 6.16. The van der Waals surface area contributed by atoms with Gasteiger partial charge in [0.15, 0.2) is 5.84 Å². The Bertz CT molecular complexity index is 2770. The van der Waals surface area contributed by atoms with E-state index in [-0.39, 0.29) is 6.04 Å². The molecule has 0 N–H and O–H groups in total. The van der Waals surface area contributed by atoms with Gasteiger partial charge in [0.25, 0.3) is 0 Å². The summed E-state index contributed by atoms with van der Waals surface area (Å²) in [4.78, 5) is 10.3. The van der Waals surface area contributed by atoms with Crippen LogP contribution in [0.4, 0.5) is 0 Å². The first-order chi connectivity index (χ1) is 24.8. The molecule has 236 valence electrons. The van der Waals surface area contributed by atoms with Crippen LogP contribution < -0.4 is 0 Å². The fourth-order valence-electron chi connectivity index (χ4n) is 7.50. The Morgan fingerprint density at radius 2 is 1.12 bits per heavy atom. The third-order valence-corrected chi connectivity index (χ3v) is 9.95. The van der Waals surface area contributed by atoms with E-state index >= 15 is 0 Å². The first-order valence-corrected chi connectivity index (χ1v) is 17.1. The molecule has 3 heterocycles. The summed E-state index contributed by atoms with van der Waals surface area (Å²) < 4.78 is 8.97. The number of nitrogens with zero attached hydrogens (tertiary/aromatic N) is 3. The number of benzene rings is 7. The van der Waals surface area contributed by atoms with Gasteiger partial charge in [-0.25, -0.2) is 4.99 Å². The second-order valence-electron chi connectivity index (χ2n) is 13.0. The number of hydrogen-bond acceptors (Lipinski definition) is 3. The molecule has 0 aliphatic carbocycles. The maximum absolute atomic E-state index is 6.63.